The monoisotopic (exact) mass is 356 g/mol. The fraction of sp³-hybridized carbons (Fsp3) is 0.333. The van der Waals surface area contributed by atoms with Crippen LogP contribution in [0.15, 0.2) is 24.3 Å². The Balaban J connectivity index is 1.63. The fourth-order valence-electron chi connectivity index (χ4n) is 3.13. The minimum Gasteiger partial charge on any atom is -0.421 e. The Morgan fingerprint density at radius 1 is 1.12 bits per heavy atom. The highest BCUT2D eigenvalue weighted by Gasteiger charge is 2.18. The van der Waals surface area contributed by atoms with Crippen molar-refractivity contribution in [3.05, 3.63) is 35.8 Å². The molecule has 0 amide bonds. The zero-order valence-electron chi connectivity index (χ0n) is 14.8. The number of H-pyrrole nitrogens is 1. The Labute approximate surface area is 150 Å². The molecule has 3 N–H and O–H groups in total. The summed E-state index contributed by atoms with van der Waals surface area (Å²) in [6.07, 6.45) is 0. The van der Waals surface area contributed by atoms with Gasteiger partial charge in [0.05, 0.1) is 0 Å². The van der Waals surface area contributed by atoms with Gasteiger partial charge in [-0.3, -0.25) is 0 Å². The van der Waals surface area contributed by atoms with Crippen molar-refractivity contribution in [1.29, 1.82) is 0 Å². The van der Waals surface area contributed by atoms with Gasteiger partial charge in [-0.2, -0.15) is 9.97 Å². The summed E-state index contributed by atoms with van der Waals surface area (Å²) in [5, 5.41) is 0.863. The van der Waals surface area contributed by atoms with Crippen LogP contribution in [0.3, 0.4) is 0 Å². The van der Waals surface area contributed by atoms with Crippen molar-refractivity contribution in [1.82, 2.24) is 19.9 Å². The van der Waals surface area contributed by atoms with Crippen LogP contribution in [0.4, 0.5) is 16.0 Å². The number of likely N-dealkylation sites (N-methyl/N-ethyl adjacent to an activating group) is 1. The molecule has 3 heterocycles. The number of benzene rings is 1. The molecule has 0 atom stereocenters. The fourth-order valence-corrected chi connectivity index (χ4v) is 3.13. The molecule has 0 radical (unpaired) electrons. The van der Waals surface area contributed by atoms with E-state index in [9.17, 15) is 4.39 Å². The lowest BCUT2D eigenvalue weighted by molar-refractivity contribution is 0.311. The number of hydrogen-bond donors (Lipinski definition) is 2. The average Bonchev–Trinajstić information content (AvgIpc) is 2.94. The zero-order valence-corrected chi connectivity index (χ0v) is 14.8. The first-order chi connectivity index (χ1) is 12.5. The molecule has 0 saturated carbocycles. The molecule has 4 rings (SSSR count). The summed E-state index contributed by atoms with van der Waals surface area (Å²) in [4.78, 5) is 16.0. The van der Waals surface area contributed by atoms with Crippen molar-refractivity contribution in [2.75, 3.05) is 43.9 Å². The number of piperazine rings is 1. The van der Waals surface area contributed by atoms with Gasteiger partial charge in [-0.1, -0.05) is 0 Å². The van der Waals surface area contributed by atoms with Crippen LogP contribution in [-0.4, -0.2) is 53.1 Å². The summed E-state index contributed by atoms with van der Waals surface area (Å²) in [6.45, 7) is 5.49. The molecule has 0 aliphatic carbocycles. The lowest BCUT2D eigenvalue weighted by Gasteiger charge is -2.33. The van der Waals surface area contributed by atoms with Crippen LogP contribution in [0.2, 0.25) is 0 Å². The average molecular weight is 356 g/mol. The minimum atomic E-state index is -0.480. The second-order valence-corrected chi connectivity index (χ2v) is 6.65. The Bertz CT molecular complexity index is 948. The van der Waals surface area contributed by atoms with Crippen LogP contribution in [0.1, 0.15) is 5.69 Å². The quantitative estimate of drug-likeness (QED) is 0.750. The maximum Gasteiger partial charge on any atom is 0.326 e. The van der Waals surface area contributed by atoms with Gasteiger partial charge >= 0.3 is 6.01 Å². The number of aromatic nitrogens is 3. The number of anilines is 2. The molecular weight excluding hydrogens is 335 g/mol. The second-order valence-electron chi connectivity index (χ2n) is 6.65. The van der Waals surface area contributed by atoms with Crippen LogP contribution in [0, 0.1) is 12.7 Å². The number of nitrogens with two attached hydrogens (primary N) is 1. The molecule has 2 aromatic heterocycles. The molecule has 0 spiro atoms. The van der Waals surface area contributed by atoms with E-state index < -0.39 is 5.82 Å². The minimum absolute atomic E-state index is 0.0458. The van der Waals surface area contributed by atoms with E-state index in [4.69, 9.17) is 10.5 Å². The number of aromatic amines is 1. The predicted molar refractivity (Wildman–Crippen MR) is 99.2 cm³/mol. The molecule has 1 saturated heterocycles. The number of hydrogen-bond acceptors (Lipinski definition) is 6. The highest BCUT2D eigenvalue weighted by Crippen LogP contribution is 2.29. The van der Waals surface area contributed by atoms with Crippen molar-refractivity contribution >= 4 is 22.5 Å². The first-order valence-electron chi connectivity index (χ1n) is 8.53. The summed E-state index contributed by atoms with van der Waals surface area (Å²) < 4.78 is 20.0. The SMILES string of the molecule is Cc1cc2cc(Oc3nc(N)cc(N4CCN(C)CC4)n3)c(F)cc2[nH]1. The summed E-state index contributed by atoms with van der Waals surface area (Å²) in [5.41, 5.74) is 7.59. The zero-order chi connectivity index (χ0) is 18.3. The van der Waals surface area contributed by atoms with E-state index in [0.717, 1.165) is 42.8 Å². The summed E-state index contributed by atoms with van der Waals surface area (Å²) in [5.74, 6) is 0.584. The van der Waals surface area contributed by atoms with Crippen LogP contribution in [0.5, 0.6) is 11.8 Å². The lowest BCUT2D eigenvalue weighted by Crippen LogP contribution is -2.44. The van der Waals surface area contributed by atoms with Crippen molar-refractivity contribution in [3.8, 4) is 11.8 Å². The molecular formula is C18H21FN6O. The summed E-state index contributed by atoms with van der Waals surface area (Å²) >= 11 is 0. The number of nitrogens with zero attached hydrogens (tertiary/aromatic N) is 4. The van der Waals surface area contributed by atoms with Gasteiger partial charge in [0.2, 0.25) is 0 Å². The molecule has 136 valence electrons. The van der Waals surface area contributed by atoms with E-state index >= 15 is 0 Å². The Morgan fingerprint density at radius 3 is 2.65 bits per heavy atom. The first kappa shape index (κ1) is 16.6. The second kappa shape index (κ2) is 6.45. The van der Waals surface area contributed by atoms with Gasteiger partial charge < -0.3 is 25.3 Å². The van der Waals surface area contributed by atoms with Crippen molar-refractivity contribution in [3.63, 3.8) is 0 Å². The maximum atomic E-state index is 14.4. The molecule has 26 heavy (non-hydrogen) atoms. The van der Waals surface area contributed by atoms with Gasteiger partial charge in [0, 0.05) is 54.9 Å². The Hall–Kier alpha value is -2.87. The number of halogens is 1. The molecule has 1 aliphatic heterocycles. The van der Waals surface area contributed by atoms with Gasteiger partial charge in [0.25, 0.3) is 0 Å². The van der Waals surface area contributed by atoms with Gasteiger partial charge in [-0.25, -0.2) is 4.39 Å². The van der Waals surface area contributed by atoms with Crippen LogP contribution in [0.25, 0.3) is 10.9 Å². The third-order valence-corrected chi connectivity index (χ3v) is 4.55. The Kier molecular flexibility index (Phi) is 4.12. The van der Waals surface area contributed by atoms with E-state index in [1.165, 1.54) is 6.07 Å². The first-order valence-corrected chi connectivity index (χ1v) is 8.53. The molecule has 0 unspecified atom stereocenters. The van der Waals surface area contributed by atoms with Crippen LogP contribution in [-0.2, 0) is 0 Å². The highest BCUT2D eigenvalue weighted by atomic mass is 19.1. The lowest BCUT2D eigenvalue weighted by atomic mass is 10.2. The largest absolute Gasteiger partial charge is 0.421 e. The number of ether oxygens (including phenoxy) is 1. The third-order valence-electron chi connectivity index (χ3n) is 4.55. The molecule has 1 aromatic carbocycles. The number of nitrogens with one attached hydrogen (secondary N) is 1. The topological polar surface area (TPSA) is 83.3 Å². The number of nitrogen functional groups attached to an aromatic ring is 1. The van der Waals surface area contributed by atoms with Gasteiger partial charge in [0.15, 0.2) is 11.6 Å². The highest BCUT2D eigenvalue weighted by molar-refractivity contribution is 5.82. The van der Waals surface area contributed by atoms with Crippen LogP contribution >= 0.6 is 0 Å². The van der Waals surface area contributed by atoms with Crippen molar-refractivity contribution in [2.45, 2.75) is 6.92 Å². The standard InChI is InChI=1S/C18H21FN6O/c1-11-7-12-8-15(13(19)9-14(12)21-11)26-18-22-16(20)10-17(23-18)25-5-3-24(2)4-6-25/h7-10,21H,3-6H2,1-2H3,(H2,20,22,23). The number of rotatable bonds is 3. The van der Waals surface area contributed by atoms with E-state index in [0.29, 0.717) is 11.6 Å². The third kappa shape index (κ3) is 3.28. The van der Waals surface area contributed by atoms with Gasteiger partial charge in [0.1, 0.15) is 11.6 Å². The van der Waals surface area contributed by atoms with Crippen LogP contribution < -0.4 is 15.4 Å². The van der Waals surface area contributed by atoms with E-state index in [2.05, 4.69) is 31.8 Å². The number of aryl methyl sites for hydroxylation is 1. The van der Waals surface area contributed by atoms with Gasteiger partial charge in [-0.05, 0) is 26.1 Å². The molecule has 7 nitrogen and oxygen atoms in total. The van der Waals surface area contributed by atoms with Crippen molar-refractivity contribution < 1.29 is 9.13 Å². The smallest absolute Gasteiger partial charge is 0.326 e. The number of fused-ring (bicyclic) bond motifs is 1. The molecule has 0 bridgehead atoms. The molecule has 1 aliphatic rings. The van der Waals surface area contributed by atoms with E-state index in [-0.39, 0.29) is 11.8 Å². The normalized spacial score (nSPS) is 15.6. The van der Waals surface area contributed by atoms with Gasteiger partial charge in [-0.15, -0.1) is 0 Å². The Morgan fingerprint density at radius 2 is 1.88 bits per heavy atom. The maximum absolute atomic E-state index is 14.4. The van der Waals surface area contributed by atoms with Crippen molar-refractivity contribution in [2.24, 2.45) is 0 Å². The van der Waals surface area contributed by atoms with E-state index in [1.807, 2.05) is 13.0 Å². The predicted octanol–water partition coefficient (Wildman–Crippen LogP) is 2.53. The summed E-state index contributed by atoms with van der Waals surface area (Å²) in [7, 11) is 2.09. The molecule has 3 aromatic rings. The molecule has 1 fully saturated rings. The summed E-state index contributed by atoms with van der Waals surface area (Å²) in [6, 6.07) is 6.73. The molecule has 8 heteroatoms. The van der Waals surface area contributed by atoms with E-state index in [1.54, 1.807) is 12.1 Å².